The third-order valence-corrected chi connectivity index (χ3v) is 3.02. The number of hydrogen-bond acceptors (Lipinski definition) is 1. The van der Waals surface area contributed by atoms with Gasteiger partial charge in [0.15, 0.2) is 0 Å². The molecule has 0 aliphatic carbocycles. The van der Waals surface area contributed by atoms with Crippen molar-refractivity contribution < 1.29 is 0 Å². The molecule has 110 valence electrons. The molecule has 0 bridgehead atoms. The summed E-state index contributed by atoms with van der Waals surface area (Å²) in [5, 5.41) is 6.68. The van der Waals surface area contributed by atoms with Gasteiger partial charge >= 0.3 is 0 Å². The molecular formula is C18H23N3. The molecule has 0 fully saturated rings. The largest absolute Gasteiger partial charge is 0.326 e. The minimum atomic E-state index is 0.218. The molecule has 0 spiro atoms. The first-order chi connectivity index (χ1) is 10.0. The van der Waals surface area contributed by atoms with Crippen molar-refractivity contribution in [2.45, 2.75) is 33.7 Å². The SMILES string of the molecule is Cc1ccc(NC(=NC(C)C)Nc2ccc(C)cc2)cc1. The quantitative estimate of drug-likeness (QED) is 0.637. The number of guanidine groups is 1. The van der Waals surface area contributed by atoms with Gasteiger partial charge in [-0.15, -0.1) is 0 Å². The molecule has 0 radical (unpaired) electrons. The van der Waals surface area contributed by atoms with Crippen LogP contribution in [0.25, 0.3) is 0 Å². The van der Waals surface area contributed by atoms with Crippen LogP contribution in [0.5, 0.6) is 0 Å². The standard InChI is InChI=1S/C18H23N3/c1-13(2)19-18(20-16-9-5-14(3)6-10-16)21-17-11-7-15(4)8-12-17/h5-13H,1-4H3,(H2,19,20,21). The molecule has 2 aromatic rings. The fraction of sp³-hybridized carbons (Fsp3) is 0.278. The Morgan fingerprint density at radius 2 is 1.14 bits per heavy atom. The van der Waals surface area contributed by atoms with Crippen LogP contribution in [-0.4, -0.2) is 12.0 Å². The highest BCUT2D eigenvalue weighted by Gasteiger charge is 2.02. The highest BCUT2D eigenvalue weighted by Crippen LogP contribution is 2.12. The Hall–Kier alpha value is -2.29. The summed E-state index contributed by atoms with van der Waals surface area (Å²) in [5.41, 5.74) is 4.54. The monoisotopic (exact) mass is 281 g/mol. The first-order valence-electron chi connectivity index (χ1n) is 7.28. The molecule has 2 rings (SSSR count). The summed E-state index contributed by atoms with van der Waals surface area (Å²) < 4.78 is 0. The number of nitrogens with zero attached hydrogens (tertiary/aromatic N) is 1. The van der Waals surface area contributed by atoms with Crippen LogP contribution >= 0.6 is 0 Å². The normalized spacial score (nSPS) is 10.3. The number of benzene rings is 2. The van der Waals surface area contributed by atoms with E-state index in [2.05, 4.69) is 91.9 Å². The summed E-state index contributed by atoms with van der Waals surface area (Å²) in [6.45, 7) is 8.29. The summed E-state index contributed by atoms with van der Waals surface area (Å²) in [5.74, 6) is 0.762. The minimum Gasteiger partial charge on any atom is -0.326 e. The zero-order valence-corrected chi connectivity index (χ0v) is 13.1. The molecule has 0 heterocycles. The molecule has 0 amide bonds. The molecule has 2 aromatic carbocycles. The molecule has 0 aliphatic heterocycles. The van der Waals surface area contributed by atoms with Gasteiger partial charge in [-0.1, -0.05) is 35.4 Å². The van der Waals surface area contributed by atoms with Gasteiger partial charge in [0.1, 0.15) is 0 Å². The maximum absolute atomic E-state index is 4.61. The van der Waals surface area contributed by atoms with Gasteiger partial charge in [0.2, 0.25) is 5.96 Å². The minimum absolute atomic E-state index is 0.218. The second-order valence-electron chi connectivity index (χ2n) is 5.55. The summed E-state index contributed by atoms with van der Waals surface area (Å²) in [7, 11) is 0. The molecule has 3 heteroatoms. The second-order valence-corrected chi connectivity index (χ2v) is 5.55. The van der Waals surface area contributed by atoms with Crippen molar-refractivity contribution in [1.29, 1.82) is 0 Å². The van der Waals surface area contributed by atoms with Crippen molar-refractivity contribution in [1.82, 2.24) is 0 Å². The smallest absolute Gasteiger partial charge is 0.200 e. The highest BCUT2D eigenvalue weighted by atomic mass is 15.2. The molecule has 3 nitrogen and oxygen atoms in total. The topological polar surface area (TPSA) is 36.4 Å². The lowest BCUT2D eigenvalue weighted by Crippen LogP contribution is -2.23. The fourth-order valence-electron chi connectivity index (χ4n) is 1.90. The number of rotatable bonds is 3. The van der Waals surface area contributed by atoms with Crippen molar-refractivity contribution >= 4 is 17.3 Å². The zero-order valence-electron chi connectivity index (χ0n) is 13.1. The van der Waals surface area contributed by atoms with E-state index in [0.717, 1.165) is 17.3 Å². The third kappa shape index (κ3) is 4.95. The van der Waals surface area contributed by atoms with Crippen LogP contribution in [0.15, 0.2) is 53.5 Å². The summed E-state index contributed by atoms with van der Waals surface area (Å²) in [6, 6.07) is 16.8. The van der Waals surface area contributed by atoms with Crippen LogP contribution in [0, 0.1) is 13.8 Å². The van der Waals surface area contributed by atoms with Gasteiger partial charge in [0, 0.05) is 17.4 Å². The van der Waals surface area contributed by atoms with E-state index in [0.29, 0.717) is 0 Å². The lowest BCUT2D eigenvalue weighted by Gasteiger charge is -2.14. The Balaban J connectivity index is 2.15. The van der Waals surface area contributed by atoms with Crippen molar-refractivity contribution in [3.05, 3.63) is 59.7 Å². The fourth-order valence-corrected chi connectivity index (χ4v) is 1.90. The van der Waals surface area contributed by atoms with E-state index in [1.807, 2.05) is 0 Å². The molecule has 0 saturated heterocycles. The van der Waals surface area contributed by atoms with E-state index < -0.39 is 0 Å². The van der Waals surface area contributed by atoms with Crippen molar-refractivity contribution in [2.24, 2.45) is 4.99 Å². The predicted molar refractivity (Wildman–Crippen MR) is 92.2 cm³/mol. The van der Waals surface area contributed by atoms with Crippen LogP contribution in [0.3, 0.4) is 0 Å². The molecule has 0 aliphatic rings. The van der Waals surface area contributed by atoms with E-state index in [1.54, 1.807) is 0 Å². The van der Waals surface area contributed by atoms with E-state index in [1.165, 1.54) is 11.1 Å². The van der Waals surface area contributed by atoms with Crippen molar-refractivity contribution in [3.63, 3.8) is 0 Å². The predicted octanol–water partition coefficient (Wildman–Crippen LogP) is 4.59. The summed E-state index contributed by atoms with van der Waals surface area (Å²) >= 11 is 0. The zero-order chi connectivity index (χ0) is 15.2. The Labute approximate surface area is 127 Å². The first-order valence-corrected chi connectivity index (χ1v) is 7.28. The molecule has 0 atom stereocenters. The Kier molecular flexibility index (Phi) is 4.99. The van der Waals surface area contributed by atoms with Crippen LogP contribution in [0.1, 0.15) is 25.0 Å². The van der Waals surface area contributed by atoms with E-state index >= 15 is 0 Å². The van der Waals surface area contributed by atoms with Gasteiger partial charge in [-0.3, -0.25) is 0 Å². The summed E-state index contributed by atoms with van der Waals surface area (Å²) in [4.78, 5) is 4.61. The number of nitrogens with one attached hydrogen (secondary N) is 2. The lowest BCUT2D eigenvalue weighted by atomic mass is 10.2. The van der Waals surface area contributed by atoms with Crippen LogP contribution < -0.4 is 10.6 Å². The average molecular weight is 281 g/mol. The number of anilines is 2. The second kappa shape index (κ2) is 6.93. The molecule has 0 aromatic heterocycles. The molecule has 0 saturated carbocycles. The van der Waals surface area contributed by atoms with Gasteiger partial charge in [0.25, 0.3) is 0 Å². The Bertz CT molecular complexity index is 546. The van der Waals surface area contributed by atoms with Crippen molar-refractivity contribution in [3.8, 4) is 0 Å². The van der Waals surface area contributed by atoms with Gasteiger partial charge in [-0.05, 0) is 52.0 Å². The average Bonchev–Trinajstić information content (AvgIpc) is 2.43. The molecule has 21 heavy (non-hydrogen) atoms. The summed E-state index contributed by atoms with van der Waals surface area (Å²) in [6.07, 6.45) is 0. The maximum Gasteiger partial charge on any atom is 0.200 e. The van der Waals surface area contributed by atoms with Crippen LogP contribution in [0.2, 0.25) is 0 Å². The van der Waals surface area contributed by atoms with Crippen LogP contribution in [0.4, 0.5) is 11.4 Å². The van der Waals surface area contributed by atoms with Crippen LogP contribution in [-0.2, 0) is 0 Å². The number of aliphatic imine (C=N–C) groups is 1. The highest BCUT2D eigenvalue weighted by molar-refractivity contribution is 6.03. The molecular weight excluding hydrogens is 258 g/mol. The Morgan fingerprint density at radius 3 is 1.48 bits per heavy atom. The van der Waals surface area contributed by atoms with Gasteiger partial charge in [-0.25, -0.2) is 4.99 Å². The van der Waals surface area contributed by atoms with E-state index in [4.69, 9.17) is 0 Å². The van der Waals surface area contributed by atoms with Gasteiger partial charge < -0.3 is 10.6 Å². The number of aryl methyl sites for hydroxylation is 2. The molecule has 0 unspecified atom stereocenters. The van der Waals surface area contributed by atoms with Gasteiger partial charge in [0.05, 0.1) is 0 Å². The third-order valence-electron chi connectivity index (χ3n) is 3.02. The maximum atomic E-state index is 4.61. The van der Waals surface area contributed by atoms with Crippen molar-refractivity contribution in [2.75, 3.05) is 10.6 Å². The number of hydrogen-bond donors (Lipinski definition) is 2. The van der Waals surface area contributed by atoms with Gasteiger partial charge in [-0.2, -0.15) is 0 Å². The lowest BCUT2D eigenvalue weighted by molar-refractivity contribution is 0.835. The first kappa shape index (κ1) is 15.1. The molecule has 2 N–H and O–H groups in total. The van der Waals surface area contributed by atoms with E-state index in [-0.39, 0.29) is 6.04 Å². The Morgan fingerprint density at radius 1 is 0.762 bits per heavy atom. The van der Waals surface area contributed by atoms with E-state index in [9.17, 15) is 0 Å².